The van der Waals surface area contributed by atoms with Gasteiger partial charge in [-0.25, -0.2) is 9.97 Å². The number of carbonyl (C=O) groups excluding carboxylic acids is 1. The second-order valence-corrected chi connectivity index (χ2v) is 4.85. The van der Waals surface area contributed by atoms with E-state index in [2.05, 4.69) is 20.3 Å². The predicted molar refractivity (Wildman–Crippen MR) is 81.5 cm³/mol. The van der Waals surface area contributed by atoms with Gasteiger partial charge in [-0.05, 0) is 31.2 Å². The van der Waals surface area contributed by atoms with E-state index < -0.39 is 0 Å². The molecular formula is C15H11ClN4O. The largest absolute Gasteiger partial charge is 0.304 e. The summed E-state index contributed by atoms with van der Waals surface area (Å²) < 4.78 is 0. The smallest absolute Gasteiger partial charge is 0.257 e. The first-order valence-corrected chi connectivity index (χ1v) is 6.67. The summed E-state index contributed by atoms with van der Waals surface area (Å²) in [6, 6.07) is 10.6. The lowest BCUT2D eigenvalue weighted by atomic mass is 10.2. The van der Waals surface area contributed by atoms with E-state index in [0.29, 0.717) is 16.6 Å². The summed E-state index contributed by atoms with van der Waals surface area (Å²) in [5.41, 5.74) is 2.61. The molecule has 104 valence electrons. The fourth-order valence-corrected chi connectivity index (χ4v) is 2.11. The minimum atomic E-state index is -0.299. The number of nitrogens with zero attached hydrogens (tertiary/aromatic N) is 3. The van der Waals surface area contributed by atoms with Crippen LogP contribution >= 0.6 is 11.6 Å². The zero-order valence-corrected chi connectivity index (χ0v) is 11.9. The number of halogens is 1. The second kappa shape index (κ2) is 5.46. The summed E-state index contributed by atoms with van der Waals surface area (Å²) in [6.07, 6.45) is 1.58. The molecule has 0 aliphatic rings. The van der Waals surface area contributed by atoms with E-state index in [4.69, 9.17) is 11.6 Å². The van der Waals surface area contributed by atoms with Gasteiger partial charge in [-0.1, -0.05) is 23.7 Å². The van der Waals surface area contributed by atoms with Crippen LogP contribution in [0, 0.1) is 6.92 Å². The number of fused-ring (bicyclic) bond motifs is 1. The Labute approximate surface area is 126 Å². The van der Waals surface area contributed by atoms with Gasteiger partial charge < -0.3 is 5.32 Å². The van der Waals surface area contributed by atoms with Gasteiger partial charge in [0.2, 0.25) is 0 Å². The highest BCUT2D eigenvalue weighted by molar-refractivity contribution is 6.32. The molecule has 0 saturated carbocycles. The van der Waals surface area contributed by atoms with Crippen molar-refractivity contribution in [1.29, 1.82) is 0 Å². The van der Waals surface area contributed by atoms with Crippen molar-refractivity contribution in [2.24, 2.45) is 0 Å². The van der Waals surface area contributed by atoms with Crippen LogP contribution in [0.1, 0.15) is 16.1 Å². The summed E-state index contributed by atoms with van der Waals surface area (Å²) in [6.45, 7) is 1.82. The average molecular weight is 299 g/mol. The highest BCUT2D eigenvalue weighted by Gasteiger charge is 2.12. The van der Waals surface area contributed by atoms with Crippen LogP contribution in [0.3, 0.4) is 0 Å². The monoisotopic (exact) mass is 298 g/mol. The molecule has 1 amide bonds. The lowest BCUT2D eigenvalue weighted by Gasteiger charge is -2.07. The van der Waals surface area contributed by atoms with E-state index in [1.807, 2.05) is 31.2 Å². The van der Waals surface area contributed by atoms with Crippen LogP contribution in [0.2, 0.25) is 5.15 Å². The van der Waals surface area contributed by atoms with Crippen molar-refractivity contribution < 1.29 is 4.79 Å². The van der Waals surface area contributed by atoms with Gasteiger partial charge in [0.05, 0.1) is 11.0 Å². The highest BCUT2D eigenvalue weighted by atomic mass is 35.5. The van der Waals surface area contributed by atoms with E-state index in [9.17, 15) is 4.79 Å². The molecule has 3 rings (SSSR count). The molecule has 0 radical (unpaired) electrons. The number of aryl methyl sites for hydroxylation is 1. The Balaban J connectivity index is 1.94. The number of carbonyl (C=O) groups is 1. The number of para-hydroxylation sites is 2. The van der Waals surface area contributed by atoms with Crippen molar-refractivity contribution in [3.63, 3.8) is 0 Å². The Morgan fingerprint density at radius 2 is 1.86 bits per heavy atom. The van der Waals surface area contributed by atoms with Gasteiger partial charge in [0, 0.05) is 17.5 Å². The number of nitrogens with one attached hydrogen (secondary N) is 1. The first-order valence-electron chi connectivity index (χ1n) is 6.30. The van der Waals surface area contributed by atoms with Crippen molar-refractivity contribution in [2.75, 3.05) is 5.32 Å². The summed E-state index contributed by atoms with van der Waals surface area (Å²) in [5.74, 6) is -0.0539. The van der Waals surface area contributed by atoms with Crippen LogP contribution in [0.4, 0.5) is 5.82 Å². The van der Waals surface area contributed by atoms with Gasteiger partial charge in [-0.3, -0.25) is 9.78 Å². The molecule has 0 saturated heterocycles. The Morgan fingerprint density at radius 3 is 2.57 bits per heavy atom. The van der Waals surface area contributed by atoms with Crippen LogP contribution in [-0.4, -0.2) is 20.9 Å². The van der Waals surface area contributed by atoms with E-state index >= 15 is 0 Å². The third-order valence-electron chi connectivity index (χ3n) is 2.92. The number of pyridine rings is 1. The Kier molecular flexibility index (Phi) is 3.50. The van der Waals surface area contributed by atoms with E-state index in [-0.39, 0.29) is 16.9 Å². The van der Waals surface area contributed by atoms with Crippen LogP contribution < -0.4 is 5.32 Å². The molecule has 1 aromatic carbocycles. The van der Waals surface area contributed by atoms with Gasteiger partial charge >= 0.3 is 0 Å². The maximum atomic E-state index is 12.2. The van der Waals surface area contributed by atoms with Crippen molar-refractivity contribution in [2.45, 2.75) is 6.92 Å². The molecule has 0 aliphatic heterocycles. The fraction of sp³-hybridized carbons (Fsp3) is 0.0667. The van der Waals surface area contributed by atoms with Gasteiger partial charge in [0.15, 0.2) is 11.0 Å². The molecular weight excluding hydrogens is 288 g/mol. The minimum Gasteiger partial charge on any atom is -0.304 e. The third-order valence-corrected chi connectivity index (χ3v) is 3.18. The standard InChI is InChI=1S/C15H11ClN4O/c1-9-8-10(6-7-17-9)15(21)20-14-13(16)18-11-4-2-3-5-12(11)19-14/h2-8H,1H3,(H,19,20,21). The van der Waals surface area contributed by atoms with E-state index in [0.717, 1.165) is 5.69 Å². The lowest BCUT2D eigenvalue weighted by molar-refractivity contribution is 0.102. The number of hydrogen-bond donors (Lipinski definition) is 1. The molecule has 3 aromatic rings. The summed E-state index contributed by atoms with van der Waals surface area (Å²) in [4.78, 5) is 24.8. The maximum absolute atomic E-state index is 12.2. The molecule has 0 atom stereocenters. The molecule has 5 nitrogen and oxygen atoms in total. The van der Waals surface area contributed by atoms with Gasteiger partial charge in [0.25, 0.3) is 5.91 Å². The van der Waals surface area contributed by atoms with Crippen molar-refractivity contribution in [3.8, 4) is 0 Å². The van der Waals surface area contributed by atoms with Crippen LogP contribution in [0.15, 0.2) is 42.6 Å². The Morgan fingerprint density at radius 1 is 1.14 bits per heavy atom. The molecule has 6 heteroatoms. The van der Waals surface area contributed by atoms with E-state index in [1.54, 1.807) is 18.3 Å². The van der Waals surface area contributed by atoms with E-state index in [1.165, 1.54) is 0 Å². The number of benzene rings is 1. The Bertz CT molecular complexity index is 835. The molecule has 0 bridgehead atoms. The highest BCUT2D eigenvalue weighted by Crippen LogP contribution is 2.21. The Hall–Kier alpha value is -2.53. The predicted octanol–water partition coefficient (Wildman–Crippen LogP) is 3.24. The normalized spacial score (nSPS) is 10.6. The molecule has 0 fully saturated rings. The first kappa shape index (κ1) is 13.5. The number of hydrogen-bond acceptors (Lipinski definition) is 4. The number of amides is 1. The SMILES string of the molecule is Cc1cc(C(=O)Nc2nc3ccccc3nc2Cl)ccn1. The number of rotatable bonds is 2. The third kappa shape index (κ3) is 2.83. The summed E-state index contributed by atoms with van der Waals surface area (Å²) in [7, 11) is 0. The van der Waals surface area contributed by atoms with Crippen LogP contribution in [-0.2, 0) is 0 Å². The quantitative estimate of drug-likeness (QED) is 0.788. The second-order valence-electron chi connectivity index (χ2n) is 4.49. The molecule has 0 unspecified atom stereocenters. The van der Waals surface area contributed by atoms with Crippen molar-refractivity contribution >= 4 is 34.4 Å². The number of anilines is 1. The summed E-state index contributed by atoms with van der Waals surface area (Å²) >= 11 is 6.07. The van der Waals surface area contributed by atoms with Gasteiger partial charge in [-0.2, -0.15) is 0 Å². The zero-order chi connectivity index (χ0) is 14.8. The maximum Gasteiger partial charge on any atom is 0.257 e. The molecule has 2 aromatic heterocycles. The van der Waals surface area contributed by atoms with Gasteiger partial charge in [-0.15, -0.1) is 0 Å². The summed E-state index contributed by atoms with van der Waals surface area (Å²) in [5, 5.41) is 2.83. The van der Waals surface area contributed by atoms with Crippen LogP contribution in [0.25, 0.3) is 11.0 Å². The molecule has 2 heterocycles. The van der Waals surface area contributed by atoms with Gasteiger partial charge in [0.1, 0.15) is 0 Å². The lowest BCUT2D eigenvalue weighted by Crippen LogP contribution is -2.14. The minimum absolute atomic E-state index is 0.160. The average Bonchev–Trinajstić information content (AvgIpc) is 2.48. The number of aromatic nitrogens is 3. The van der Waals surface area contributed by atoms with Crippen molar-refractivity contribution in [1.82, 2.24) is 15.0 Å². The van der Waals surface area contributed by atoms with Crippen LogP contribution in [0.5, 0.6) is 0 Å². The fourth-order valence-electron chi connectivity index (χ4n) is 1.92. The molecule has 21 heavy (non-hydrogen) atoms. The zero-order valence-electron chi connectivity index (χ0n) is 11.2. The molecule has 0 spiro atoms. The first-order chi connectivity index (χ1) is 10.1. The topological polar surface area (TPSA) is 67.8 Å². The molecule has 0 aliphatic carbocycles. The molecule has 1 N–H and O–H groups in total. The van der Waals surface area contributed by atoms with Crippen molar-refractivity contribution in [3.05, 3.63) is 59.0 Å².